The monoisotopic (exact) mass is 333 g/mol. The summed E-state index contributed by atoms with van der Waals surface area (Å²) in [5, 5.41) is 0. The standard InChI is InChI=1S/C24H31N/c1-4-5-6-9-20-13-12-19(2)23(18-20)21-14-15-22-10-7-8-11-24(22)25(3)17-16-21/h8,11-15,18,21-22,24H,4-6,9,16-17H2,1-3H3. The molecule has 132 valence electrons. The first kappa shape index (κ1) is 18.0. The highest BCUT2D eigenvalue weighted by Gasteiger charge is 2.25. The second kappa shape index (κ2) is 8.54. The van der Waals surface area contributed by atoms with E-state index < -0.39 is 0 Å². The minimum atomic E-state index is 0.325. The van der Waals surface area contributed by atoms with Crippen molar-refractivity contribution in [2.24, 2.45) is 5.92 Å². The van der Waals surface area contributed by atoms with Gasteiger partial charge in [0.15, 0.2) is 0 Å². The van der Waals surface area contributed by atoms with Crippen molar-refractivity contribution in [2.75, 3.05) is 13.6 Å². The maximum absolute atomic E-state index is 3.39. The zero-order valence-corrected chi connectivity index (χ0v) is 16.0. The largest absolute Gasteiger partial charge is 0.298 e. The Balaban J connectivity index is 1.81. The predicted molar refractivity (Wildman–Crippen MR) is 108 cm³/mol. The summed E-state index contributed by atoms with van der Waals surface area (Å²) in [6.07, 6.45) is 15.3. The molecule has 1 heteroatoms. The molecular formula is C24H31N. The van der Waals surface area contributed by atoms with E-state index in [0.717, 1.165) is 6.54 Å². The van der Waals surface area contributed by atoms with Crippen LogP contribution in [0.5, 0.6) is 0 Å². The highest BCUT2D eigenvalue weighted by atomic mass is 15.1. The van der Waals surface area contributed by atoms with Crippen LogP contribution in [-0.2, 0) is 6.42 Å². The molecule has 3 atom stereocenters. The molecule has 0 aromatic heterocycles. The van der Waals surface area contributed by atoms with Crippen LogP contribution in [0.25, 0.3) is 0 Å². The lowest BCUT2D eigenvalue weighted by Crippen LogP contribution is -2.38. The van der Waals surface area contributed by atoms with Crippen LogP contribution < -0.4 is 0 Å². The highest BCUT2D eigenvalue weighted by Crippen LogP contribution is 2.30. The Labute approximate surface area is 153 Å². The molecule has 3 unspecified atom stereocenters. The quantitative estimate of drug-likeness (QED) is 0.403. The normalized spacial score (nSPS) is 25.6. The van der Waals surface area contributed by atoms with Gasteiger partial charge in [0.05, 0.1) is 5.92 Å². The van der Waals surface area contributed by atoms with Crippen LogP contribution >= 0.6 is 0 Å². The van der Waals surface area contributed by atoms with Gasteiger partial charge in [-0.3, -0.25) is 4.90 Å². The third kappa shape index (κ3) is 4.44. The van der Waals surface area contributed by atoms with Gasteiger partial charge in [0.1, 0.15) is 0 Å². The van der Waals surface area contributed by atoms with E-state index in [1.807, 2.05) is 6.08 Å². The van der Waals surface area contributed by atoms with Crippen LogP contribution in [0.15, 0.2) is 42.5 Å². The van der Waals surface area contributed by atoms with Gasteiger partial charge in [-0.15, -0.1) is 0 Å². The maximum atomic E-state index is 3.39. The number of hydrogen-bond donors (Lipinski definition) is 0. The van der Waals surface area contributed by atoms with Crippen molar-refractivity contribution in [1.29, 1.82) is 0 Å². The van der Waals surface area contributed by atoms with Gasteiger partial charge in [-0.2, -0.15) is 0 Å². The van der Waals surface area contributed by atoms with Crippen molar-refractivity contribution < 1.29 is 0 Å². The second-order valence-corrected chi connectivity index (χ2v) is 7.57. The Morgan fingerprint density at radius 1 is 1.16 bits per heavy atom. The number of hydrogen-bond acceptors (Lipinski definition) is 1. The Morgan fingerprint density at radius 2 is 2.04 bits per heavy atom. The molecule has 0 amide bonds. The van der Waals surface area contributed by atoms with Crippen LogP contribution in [0.2, 0.25) is 0 Å². The van der Waals surface area contributed by atoms with Crippen LogP contribution in [0, 0.1) is 24.7 Å². The van der Waals surface area contributed by atoms with E-state index in [2.05, 4.69) is 74.1 Å². The number of rotatable bonds is 5. The summed E-state index contributed by atoms with van der Waals surface area (Å²) in [7, 11) is 2.24. The molecule has 1 aliphatic carbocycles. The molecule has 2 aliphatic rings. The molecule has 1 aromatic carbocycles. The number of allylic oxidation sites excluding steroid dienone is 2. The van der Waals surface area contributed by atoms with E-state index in [1.54, 1.807) is 0 Å². The molecule has 25 heavy (non-hydrogen) atoms. The van der Waals surface area contributed by atoms with Crippen LogP contribution in [-0.4, -0.2) is 24.5 Å². The second-order valence-electron chi connectivity index (χ2n) is 7.57. The van der Waals surface area contributed by atoms with Crippen molar-refractivity contribution in [3.63, 3.8) is 0 Å². The molecule has 0 saturated heterocycles. The highest BCUT2D eigenvalue weighted by molar-refractivity contribution is 5.38. The lowest BCUT2D eigenvalue weighted by Gasteiger charge is -2.33. The molecule has 1 heterocycles. The van der Waals surface area contributed by atoms with Crippen LogP contribution in [0.4, 0.5) is 0 Å². The first-order valence-corrected chi connectivity index (χ1v) is 9.84. The van der Waals surface area contributed by atoms with E-state index in [-0.39, 0.29) is 0 Å². The van der Waals surface area contributed by atoms with E-state index in [4.69, 9.17) is 0 Å². The summed E-state index contributed by atoms with van der Waals surface area (Å²) in [5.41, 5.74) is 4.43. The summed E-state index contributed by atoms with van der Waals surface area (Å²) in [6.45, 7) is 5.64. The summed E-state index contributed by atoms with van der Waals surface area (Å²) in [4.78, 5) is 2.46. The van der Waals surface area contributed by atoms with Gasteiger partial charge in [-0.05, 0) is 62.5 Å². The topological polar surface area (TPSA) is 3.24 Å². The Kier molecular flexibility index (Phi) is 6.16. The molecule has 0 N–H and O–H groups in total. The molecule has 0 radical (unpaired) electrons. The van der Waals surface area contributed by atoms with Crippen LogP contribution in [0.1, 0.15) is 55.2 Å². The summed E-state index contributed by atoms with van der Waals surface area (Å²) in [5.74, 6) is 7.36. The van der Waals surface area contributed by atoms with Crippen molar-refractivity contribution in [3.8, 4) is 11.8 Å². The number of fused-ring (bicyclic) bond motifs is 1. The van der Waals surface area contributed by atoms with Crippen molar-refractivity contribution in [1.82, 2.24) is 4.90 Å². The van der Waals surface area contributed by atoms with Gasteiger partial charge < -0.3 is 0 Å². The van der Waals surface area contributed by atoms with Gasteiger partial charge in [-0.25, -0.2) is 0 Å². The van der Waals surface area contributed by atoms with E-state index in [0.29, 0.717) is 17.9 Å². The van der Waals surface area contributed by atoms with E-state index >= 15 is 0 Å². The van der Waals surface area contributed by atoms with E-state index in [9.17, 15) is 0 Å². The molecule has 1 aromatic rings. The molecule has 0 saturated carbocycles. The molecule has 3 rings (SSSR count). The van der Waals surface area contributed by atoms with Gasteiger partial charge in [0.25, 0.3) is 0 Å². The Morgan fingerprint density at radius 3 is 2.88 bits per heavy atom. The number of aryl methyl sites for hydroxylation is 2. The smallest absolute Gasteiger partial charge is 0.0578 e. The SMILES string of the molecule is CCCCCc1ccc(C)c(C2C=CC3C#CC=CC3N(C)CC2)c1. The zero-order chi connectivity index (χ0) is 17.6. The van der Waals surface area contributed by atoms with Crippen LogP contribution in [0.3, 0.4) is 0 Å². The summed E-state index contributed by atoms with van der Waals surface area (Å²) in [6, 6.07) is 7.53. The minimum Gasteiger partial charge on any atom is -0.298 e. The average Bonchev–Trinajstić information content (AvgIpc) is 2.62. The zero-order valence-electron chi connectivity index (χ0n) is 16.0. The molecular weight excluding hydrogens is 302 g/mol. The number of nitrogens with zero attached hydrogens (tertiary/aromatic N) is 1. The fourth-order valence-electron chi connectivity index (χ4n) is 4.00. The van der Waals surface area contributed by atoms with Crippen molar-refractivity contribution in [2.45, 2.75) is 57.9 Å². The first-order chi connectivity index (χ1) is 12.2. The van der Waals surface area contributed by atoms with E-state index in [1.165, 1.54) is 48.8 Å². The number of benzene rings is 1. The first-order valence-electron chi connectivity index (χ1n) is 9.84. The fourth-order valence-corrected chi connectivity index (χ4v) is 4.00. The summed E-state index contributed by atoms with van der Waals surface area (Å²) >= 11 is 0. The predicted octanol–water partition coefficient (Wildman–Crippen LogP) is 5.26. The molecule has 1 nitrogen and oxygen atoms in total. The Hall–Kier alpha value is -1.78. The third-order valence-electron chi connectivity index (χ3n) is 5.66. The Bertz CT molecular complexity index is 701. The number of unbranched alkanes of at least 4 members (excludes halogenated alkanes) is 2. The molecule has 1 aliphatic heterocycles. The lowest BCUT2D eigenvalue weighted by molar-refractivity contribution is 0.248. The molecule has 0 bridgehead atoms. The van der Waals surface area contributed by atoms with Crippen molar-refractivity contribution in [3.05, 3.63) is 59.2 Å². The summed E-state index contributed by atoms with van der Waals surface area (Å²) < 4.78 is 0. The van der Waals surface area contributed by atoms with Gasteiger partial charge >= 0.3 is 0 Å². The number of likely N-dealkylation sites (N-methyl/N-ethyl adjacent to an activating group) is 1. The van der Waals surface area contributed by atoms with Gasteiger partial charge in [-0.1, -0.05) is 68.0 Å². The minimum absolute atomic E-state index is 0.325. The average molecular weight is 334 g/mol. The fraction of sp³-hybridized carbons (Fsp3) is 0.500. The molecule has 0 fully saturated rings. The van der Waals surface area contributed by atoms with Gasteiger partial charge in [0.2, 0.25) is 0 Å². The third-order valence-corrected chi connectivity index (χ3v) is 5.66. The maximum Gasteiger partial charge on any atom is 0.0578 e. The molecule has 0 spiro atoms. The lowest BCUT2D eigenvalue weighted by atomic mass is 9.85. The van der Waals surface area contributed by atoms with Crippen molar-refractivity contribution >= 4 is 0 Å². The van der Waals surface area contributed by atoms with Gasteiger partial charge in [0, 0.05) is 12.0 Å².